The summed E-state index contributed by atoms with van der Waals surface area (Å²) >= 11 is 4.24. The molecule has 0 aromatic carbocycles. The molecule has 0 bridgehead atoms. The fraction of sp³-hybridized carbons (Fsp3) is 1.00. The Morgan fingerprint density at radius 2 is 0.895 bits per heavy atom. The summed E-state index contributed by atoms with van der Waals surface area (Å²) < 4.78 is 0. The molecule has 0 aromatic heterocycles. The molecule has 2 heteroatoms. The minimum Gasteiger partial charge on any atom is -0.0776 e. The van der Waals surface area contributed by atoms with Gasteiger partial charge in [0.1, 0.15) is 0 Å². The fourth-order valence-electron chi connectivity index (χ4n) is 3.60. The maximum atomic E-state index is 2.43. The summed E-state index contributed by atoms with van der Waals surface area (Å²) in [5.41, 5.74) is 0. The van der Waals surface area contributed by atoms with Crippen LogP contribution in [0, 0.1) is 23.7 Å². The number of hydrogen-bond acceptors (Lipinski definition) is 0. The minimum absolute atomic E-state index is 0. The summed E-state index contributed by atoms with van der Waals surface area (Å²) in [6, 6.07) is 0. The van der Waals surface area contributed by atoms with Crippen molar-refractivity contribution in [3.63, 3.8) is 0 Å². The maximum absolute atomic E-state index is 2.43. The molecule has 0 unspecified atom stereocenters. The Morgan fingerprint density at radius 3 is 1.16 bits per heavy atom. The Labute approximate surface area is 146 Å². The van der Waals surface area contributed by atoms with Crippen LogP contribution >= 0.6 is 37.2 Å². The van der Waals surface area contributed by atoms with E-state index in [0.29, 0.717) is 0 Å². The summed E-state index contributed by atoms with van der Waals surface area (Å²) in [5, 5.41) is 0. The molecule has 2 fully saturated rings. The third-order valence-corrected chi connectivity index (χ3v) is 4.94. The lowest BCUT2D eigenvalue weighted by atomic mass is 9.74. The van der Waals surface area contributed by atoms with Crippen molar-refractivity contribution in [1.82, 2.24) is 0 Å². The molecule has 0 saturated heterocycles. The normalized spacial score (nSPS) is 34.1. The van der Waals surface area contributed by atoms with E-state index in [9.17, 15) is 0 Å². The van der Waals surface area contributed by atoms with E-state index in [2.05, 4.69) is 51.1 Å². The van der Waals surface area contributed by atoms with Gasteiger partial charge in [-0.15, -0.1) is 0 Å². The second-order valence-electron chi connectivity index (χ2n) is 6.49. The van der Waals surface area contributed by atoms with Crippen molar-refractivity contribution in [3.05, 3.63) is 0 Å². The van der Waals surface area contributed by atoms with E-state index in [1.165, 1.54) is 51.4 Å². The zero-order valence-electron chi connectivity index (χ0n) is 11.4. The van der Waals surface area contributed by atoms with Crippen LogP contribution < -0.4 is 0 Å². The van der Waals surface area contributed by atoms with Crippen molar-refractivity contribution in [1.29, 1.82) is 0 Å². The average Bonchev–Trinajstić information content (AvgIpc) is 2.37. The Balaban J connectivity index is 0. The quantitative estimate of drug-likeness (QED) is 0.341. The van der Waals surface area contributed by atoms with Crippen molar-refractivity contribution < 1.29 is 0 Å². The van der Waals surface area contributed by atoms with Crippen molar-refractivity contribution in [2.45, 2.75) is 86.5 Å². The van der Waals surface area contributed by atoms with Crippen LogP contribution in [0.2, 0.25) is 0 Å². The van der Waals surface area contributed by atoms with Gasteiger partial charge in [-0.25, -0.2) is 0 Å². The molecule has 118 valence electrons. The van der Waals surface area contributed by atoms with Gasteiger partial charge in [0.25, 0.3) is 0 Å². The van der Waals surface area contributed by atoms with Crippen LogP contribution in [0.4, 0.5) is 0 Å². The lowest BCUT2D eigenvalue weighted by Gasteiger charge is -2.32. The maximum Gasteiger partial charge on any atom is 0 e. The highest BCUT2D eigenvalue weighted by atomic mass is 128. The standard InChI is InChI=1S/C15H28.2CH4.I2/c1-12-3-7-14(8-4-12)11-15-9-5-13(2)6-10-15;;;1-2/h12-15H,3-11H2,1-2H3;2*1H4;. The zero-order chi connectivity index (χ0) is 12.7. The predicted molar refractivity (Wildman–Crippen MR) is 108 cm³/mol. The number of halogens is 2. The molecule has 0 aromatic rings. The lowest BCUT2D eigenvalue weighted by Crippen LogP contribution is -2.19. The van der Waals surface area contributed by atoms with Crippen molar-refractivity contribution in [2.24, 2.45) is 23.7 Å². The molecule has 0 radical (unpaired) electrons. The topological polar surface area (TPSA) is 0 Å². The van der Waals surface area contributed by atoms with E-state index in [-0.39, 0.29) is 14.9 Å². The van der Waals surface area contributed by atoms with Crippen molar-refractivity contribution in [3.8, 4) is 0 Å². The average molecular weight is 494 g/mol. The molecule has 2 aliphatic carbocycles. The van der Waals surface area contributed by atoms with Gasteiger partial charge in [-0.2, -0.15) is 0 Å². The van der Waals surface area contributed by atoms with Gasteiger partial charge in [0.2, 0.25) is 0 Å². The molecule has 19 heavy (non-hydrogen) atoms. The summed E-state index contributed by atoms with van der Waals surface area (Å²) in [6.45, 7) is 4.86. The SMILES string of the molecule is C.C.CC1CCC(CC2CCC(C)CC2)CC1.II. The van der Waals surface area contributed by atoms with Crippen LogP contribution in [0.15, 0.2) is 0 Å². The van der Waals surface area contributed by atoms with E-state index in [1.54, 1.807) is 6.42 Å². The Hall–Kier alpha value is 1.46. The van der Waals surface area contributed by atoms with Gasteiger partial charge in [-0.1, -0.05) is 80.1 Å². The molecule has 0 N–H and O–H groups in total. The van der Waals surface area contributed by atoms with Gasteiger partial charge in [-0.3, -0.25) is 0 Å². The first kappa shape index (κ1) is 22.7. The van der Waals surface area contributed by atoms with Gasteiger partial charge in [-0.05, 0) is 30.1 Å². The van der Waals surface area contributed by atoms with Gasteiger partial charge < -0.3 is 0 Å². The first-order valence-corrected chi connectivity index (χ1v) is 13.7. The van der Waals surface area contributed by atoms with E-state index in [1.807, 2.05) is 0 Å². The molecule has 2 saturated carbocycles. The molecule has 2 rings (SSSR count). The van der Waals surface area contributed by atoms with Crippen LogP contribution in [-0.4, -0.2) is 0 Å². The molecule has 0 amide bonds. The first-order valence-electron chi connectivity index (χ1n) is 7.38. The highest BCUT2D eigenvalue weighted by Crippen LogP contribution is 2.37. The molecule has 0 spiro atoms. The van der Waals surface area contributed by atoms with Crippen LogP contribution in [0.1, 0.15) is 86.5 Å². The summed E-state index contributed by atoms with van der Waals surface area (Å²) in [6.07, 6.45) is 13.7. The van der Waals surface area contributed by atoms with E-state index in [4.69, 9.17) is 0 Å². The van der Waals surface area contributed by atoms with Crippen molar-refractivity contribution in [2.75, 3.05) is 0 Å². The number of rotatable bonds is 2. The predicted octanol–water partition coefficient (Wildman–Crippen LogP) is 8.07. The van der Waals surface area contributed by atoms with Crippen LogP contribution in [0.5, 0.6) is 0 Å². The van der Waals surface area contributed by atoms with E-state index < -0.39 is 0 Å². The van der Waals surface area contributed by atoms with Crippen LogP contribution in [0.3, 0.4) is 0 Å². The Bertz CT molecular complexity index is 158. The van der Waals surface area contributed by atoms with E-state index in [0.717, 1.165) is 23.7 Å². The molecule has 0 atom stereocenters. The summed E-state index contributed by atoms with van der Waals surface area (Å²) in [5.74, 6) is 4.24. The second kappa shape index (κ2) is 13.1. The molecule has 0 aliphatic heterocycles. The third-order valence-electron chi connectivity index (χ3n) is 4.94. The smallest absolute Gasteiger partial charge is 0 e. The van der Waals surface area contributed by atoms with Crippen molar-refractivity contribution >= 4 is 37.2 Å². The van der Waals surface area contributed by atoms with Gasteiger partial charge >= 0.3 is 0 Å². The monoisotopic (exact) mass is 494 g/mol. The number of hydrogen-bond donors (Lipinski definition) is 0. The highest BCUT2D eigenvalue weighted by Gasteiger charge is 2.24. The molecular formula is C17H36I2. The second-order valence-corrected chi connectivity index (χ2v) is 6.49. The Morgan fingerprint density at radius 1 is 0.632 bits per heavy atom. The first-order chi connectivity index (χ1) is 8.24. The van der Waals surface area contributed by atoms with Crippen LogP contribution in [-0.2, 0) is 0 Å². The zero-order valence-corrected chi connectivity index (χ0v) is 15.7. The molecule has 0 nitrogen and oxygen atoms in total. The minimum atomic E-state index is 0. The van der Waals surface area contributed by atoms with Gasteiger partial charge in [0.05, 0.1) is 0 Å². The summed E-state index contributed by atoms with van der Waals surface area (Å²) in [7, 11) is 0. The fourth-order valence-corrected chi connectivity index (χ4v) is 3.60. The lowest BCUT2D eigenvalue weighted by molar-refractivity contribution is 0.201. The van der Waals surface area contributed by atoms with Crippen LogP contribution in [0.25, 0.3) is 0 Å². The third kappa shape index (κ3) is 9.15. The van der Waals surface area contributed by atoms with Gasteiger partial charge in [0.15, 0.2) is 0 Å². The summed E-state index contributed by atoms with van der Waals surface area (Å²) in [4.78, 5) is 0. The van der Waals surface area contributed by atoms with Gasteiger partial charge in [0, 0.05) is 37.2 Å². The van der Waals surface area contributed by atoms with E-state index >= 15 is 0 Å². The largest absolute Gasteiger partial charge is 0.0776 e. The molecule has 0 heterocycles. The highest BCUT2D eigenvalue weighted by molar-refractivity contribution is 15.0. The molecular weight excluding hydrogens is 458 g/mol. The Kier molecular flexibility index (Phi) is 15.7. The molecule has 2 aliphatic rings.